The lowest BCUT2D eigenvalue weighted by molar-refractivity contribution is -0.140. The summed E-state index contributed by atoms with van der Waals surface area (Å²) >= 11 is 0. The van der Waals surface area contributed by atoms with Gasteiger partial charge in [0.2, 0.25) is 0 Å². The average Bonchev–Trinajstić information content (AvgIpc) is 1.97. The number of carbonyl (C=O) groups is 1. The van der Waals surface area contributed by atoms with E-state index in [4.69, 9.17) is 15.9 Å². The van der Waals surface area contributed by atoms with Crippen LogP contribution in [0.15, 0.2) is 0 Å². The molecule has 0 rings (SSSR count). The van der Waals surface area contributed by atoms with E-state index in [0.717, 1.165) is 0 Å². The molecule has 5 heteroatoms. The van der Waals surface area contributed by atoms with Gasteiger partial charge in [0.05, 0.1) is 6.73 Å². The number of hydrogen-bond donors (Lipinski definition) is 4. The predicted octanol–water partition coefficient (Wildman–Crippen LogP) is -1.28. The Kier molecular flexibility index (Phi) is 5.73. The fraction of sp³-hybridized carbons (Fsp3) is 0.833. The highest BCUT2D eigenvalue weighted by Crippen LogP contribution is 1.95. The van der Waals surface area contributed by atoms with Crippen molar-refractivity contribution in [3.05, 3.63) is 0 Å². The number of carboxylic acids is 1. The first kappa shape index (κ1) is 10.3. The summed E-state index contributed by atoms with van der Waals surface area (Å²) in [6.07, 6.45) is 1.09. The molecule has 0 fully saturated rings. The van der Waals surface area contributed by atoms with Crippen LogP contribution in [0, 0.1) is 0 Å². The van der Waals surface area contributed by atoms with Gasteiger partial charge in [0, 0.05) is 0 Å². The highest BCUT2D eigenvalue weighted by atomic mass is 16.4. The Morgan fingerprint density at radius 2 is 2.27 bits per heavy atom. The van der Waals surface area contributed by atoms with Crippen molar-refractivity contribution in [3.63, 3.8) is 0 Å². The van der Waals surface area contributed by atoms with Crippen LogP contribution in [0.25, 0.3) is 0 Å². The van der Waals surface area contributed by atoms with Crippen LogP contribution in [0.3, 0.4) is 0 Å². The Balaban J connectivity index is 3.60. The van der Waals surface area contributed by atoms with Crippen LogP contribution >= 0.6 is 0 Å². The summed E-state index contributed by atoms with van der Waals surface area (Å²) in [5, 5.41) is 19.3. The van der Waals surface area contributed by atoms with E-state index in [1.54, 1.807) is 0 Å². The molecule has 0 saturated carbocycles. The van der Waals surface area contributed by atoms with E-state index < -0.39 is 12.0 Å². The number of nitrogens with two attached hydrogens (primary N) is 1. The second-order valence-corrected chi connectivity index (χ2v) is 2.18. The summed E-state index contributed by atoms with van der Waals surface area (Å²) in [7, 11) is 0. The number of carboxylic acid groups (broad SMARTS) is 1. The molecular weight excluding hydrogens is 148 g/mol. The second-order valence-electron chi connectivity index (χ2n) is 2.18. The van der Waals surface area contributed by atoms with Crippen LogP contribution in [-0.4, -0.2) is 35.5 Å². The van der Waals surface area contributed by atoms with Gasteiger partial charge in [-0.15, -0.1) is 0 Å². The standard InChI is InChI=1S/C6H14N2O3/c7-3-1-2-5(6(10)11)8-4-9/h5,8-9H,1-4,7H2,(H,10,11). The number of hydrogen-bond acceptors (Lipinski definition) is 4. The van der Waals surface area contributed by atoms with E-state index >= 15 is 0 Å². The summed E-state index contributed by atoms with van der Waals surface area (Å²) in [4.78, 5) is 10.4. The third-order valence-corrected chi connectivity index (χ3v) is 1.33. The van der Waals surface area contributed by atoms with E-state index in [9.17, 15) is 4.79 Å². The van der Waals surface area contributed by atoms with Gasteiger partial charge in [0.1, 0.15) is 6.04 Å². The Bertz CT molecular complexity index is 118. The summed E-state index contributed by atoms with van der Waals surface area (Å²) in [6, 6.07) is -0.677. The van der Waals surface area contributed by atoms with Crippen molar-refractivity contribution < 1.29 is 15.0 Å². The van der Waals surface area contributed by atoms with Gasteiger partial charge >= 0.3 is 5.97 Å². The quantitative estimate of drug-likeness (QED) is 0.365. The Hall–Kier alpha value is -0.650. The van der Waals surface area contributed by atoms with Gasteiger partial charge in [-0.1, -0.05) is 0 Å². The molecule has 0 aliphatic carbocycles. The molecule has 11 heavy (non-hydrogen) atoms. The molecule has 0 aliphatic heterocycles. The number of nitrogens with one attached hydrogen (secondary N) is 1. The third kappa shape index (κ3) is 4.72. The van der Waals surface area contributed by atoms with Crippen LogP contribution in [0.2, 0.25) is 0 Å². The molecule has 0 spiro atoms. The lowest BCUT2D eigenvalue weighted by Gasteiger charge is -2.10. The van der Waals surface area contributed by atoms with E-state index in [0.29, 0.717) is 19.4 Å². The van der Waals surface area contributed by atoms with Crippen molar-refractivity contribution in [2.45, 2.75) is 18.9 Å². The maximum absolute atomic E-state index is 10.4. The molecule has 5 nitrogen and oxygen atoms in total. The number of rotatable bonds is 6. The Labute approximate surface area is 65.2 Å². The predicted molar refractivity (Wildman–Crippen MR) is 39.9 cm³/mol. The van der Waals surface area contributed by atoms with Gasteiger partial charge in [0.15, 0.2) is 0 Å². The molecule has 0 amide bonds. The molecule has 0 radical (unpaired) electrons. The van der Waals surface area contributed by atoms with E-state index in [2.05, 4.69) is 5.32 Å². The van der Waals surface area contributed by atoms with Crippen molar-refractivity contribution >= 4 is 5.97 Å². The van der Waals surface area contributed by atoms with E-state index in [1.165, 1.54) is 0 Å². The number of aliphatic hydroxyl groups is 1. The summed E-state index contributed by atoms with van der Waals surface area (Å²) in [5.74, 6) is -0.951. The highest BCUT2D eigenvalue weighted by molar-refractivity contribution is 5.73. The maximum Gasteiger partial charge on any atom is 0.320 e. The van der Waals surface area contributed by atoms with Crippen LogP contribution in [0.4, 0.5) is 0 Å². The SMILES string of the molecule is NCCCC(NCO)C(=O)O. The Morgan fingerprint density at radius 1 is 1.64 bits per heavy atom. The van der Waals surface area contributed by atoms with Crippen LogP contribution < -0.4 is 11.1 Å². The molecule has 0 aromatic heterocycles. The highest BCUT2D eigenvalue weighted by Gasteiger charge is 2.14. The zero-order valence-corrected chi connectivity index (χ0v) is 6.29. The Morgan fingerprint density at radius 3 is 2.64 bits per heavy atom. The molecule has 1 atom stereocenters. The van der Waals surface area contributed by atoms with Crippen LogP contribution in [0.1, 0.15) is 12.8 Å². The van der Waals surface area contributed by atoms with Crippen LogP contribution in [-0.2, 0) is 4.79 Å². The summed E-state index contributed by atoms with van der Waals surface area (Å²) in [5.41, 5.74) is 5.19. The monoisotopic (exact) mass is 162 g/mol. The lowest BCUT2D eigenvalue weighted by Crippen LogP contribution is -2.37. The van der Waals surface area contributed by atoms with Crippen molar-refractivity contribution in [2.24, 2.45) is 5.73 Å². The molecular formula is C6H14N2O3. The van der Waals surface area contributed by atoms with E-state index in [-0.39, 0.29) is 6.73 Å². The molecule has 0 bridgehead atoms. The van der Waals surface area contributed by atoms with Gasteiger partial charge in [-0.05, 0) is 19.4 Å². The first-order chi connectivity index (χ1) is 5.22. The normalized spacial score (nSPS) is 12.9. The van der Waals surface area contributed by atoms with Gasteiger partial charge in [-0.3, -0.25) is 10.1 Å². The summed E-state index contributed by atoms with van der Waals surface area (Å²) < 4.78 is 0. The van der Waals surface area contributed by atoms with Gasteiger partial charge in [-0.2, -0.15) is 0 Å². The van der Waals surface area contributed by atoms with Crippen molar-refractivity contribution in [3.8, 4) is 0 Å². The van der Waals surface area contributed by atoms with Crippen LogP contribution in [0.5, 0.6) is 0 Å². The largest absolute Gasteiger partial charge is 0.480 e. The fourth-order valence-corrected chi connectivity index (χ4v) is 0.745. The maximum atomic E-state index is 10.4. The topological polar surface area (TPSA) is 95.6 Å². The molecule has 0 heterocycles. The zero-order chi connectivity index (χ0) is 8.69. The molecule has 0 aromatic carbocycles. The third-order valence-electron chi connectivity index (χ3n) is 1.33. The molecule has 5 N–H and O–H groups in total. The van der Waals surface area contributed by atoms with Crippen molar-refractivity contribution in [2.75, 3.05) is 13.3 Å². The number of aliphatic carboxylic acids is 1. The molecule has 0 aromatic rings. The molecule has 0 aliphatic rings. The van der Waals surface area contributed by atoms with E-state index in [1.807, 2.05) is 0 Å². The van der Waals surface area contributed by atoms with Gasteiger partial charge < -0.3 is 15.9 Å². The average molecular weight is 162 g/mol. The lowest BCUT2D eigenvalue weighted by atomic mass is 10.1. The molecule has 66 valence electrons. The van der Waals surface area contributed by atoms with Crippen molar-refractivity contribution in [1.82, 2.24) is 5.32 Å². The molecule has 0 saturated heterocycles. The minimum atomic E-state index is -0.951. The van der Waals surface area contributed by atoms with Gasteiger partial charge in [-0.25, -0.2) is 0 Å². The fourth-order valence-electron chi connectivity index (χ4n) is 0.745. The zero-order valence-electron chi connectivity index (χ0n) is 6.29. The second kappa shape index (κ2) is 6.09. The summed E-state index contributed by atoms with van der Waals surface area (Å²) in [6.45, 7) is 0.151. The smallest absolute Gasteiger partial charge is 0.320 e. The van der Waals surface area contributed by atoms with Gasteiger partial charge in [0.25, 0.3) is 0 Å². The molecule has 1 unspecified atom stereocenters. The van der Waals surface area contributed by atoms with Crippen molar-refractivity contribution in [1.29, 1.82) is 0 Å². The first-order valence-electron chi connectivity index (χ1n) is 3.49. The minimum Gasteiger partial charge on any atom is -0.480 e. The first-order valence-corrected chi connectivity index (χ1v) is 3.49. The minimum absolute atomic E-state index is 0.318. The number of aliphatic hydroxyl groups excluding tert-OH is 1.